The molecular weight excluding hydrogens is 283 g/mol. The van der Waals surface area contributed by atoms with Crippen molar-refractivity contribution in [1.82, 2.24) is 0 Å². The van der Waals surface area contributed by atoms with Gasteiger partial charge in [-0.25, -0.2) is 0 Å². The second-order valence-corrected chi connectivity index (χ2v) is 4.76. The van der Waals surface area contributed by atoms with E-state index in [9.17, 15) is 0 Å². The Kier molecular flexibility index (Phi) is 4.40. The standard InChI is InChI=1S/C14H14Cl2N2O/c1-2-19-11-5-3-4-10(8-11)18-14-12(15)6-9(17)7-13(14)16/h3-8,18H,2,17H2,1H3. The largest absolute Gasteiger partial charge is 0.494 e. The first-order chi connectivity index (χ1) is 9.10. The number of halogens is 2. The third-order valence-electron chi connectivity index (χ3n) is 2.48. The van der Waals surface area contributed by atoms with Crippen LogP contribution in [0.5, 0.6) is 5.75 Å². The SMILES string of the molecule is CCOc1cccc(Nc2c(Cl)cc(N)cc2Cl)c1. The summed E-state index contributed by atoms with van der Waals surface area (Å²) in [7, 11) is 0. The van der Waals surface area contributed by atoms with E-state index in [1.807, 2.05) is 31.2 Å². The summed E-state index contributed by atoms with van der Waals surface area (Å²) < 4.78 is 5.44. The number of ether oxygens (including phenoxy) is 1. The van der Waals surface area contributed by atoms with Gasteiger partial charge in [0.25, 0.3) is 0 Å². The average molecular weight is 297 g/mol. The van der Waals surface area contributed by atoms with Gasteiger partial charge in [0.2, 0.25) is 0 Å². The van der Waals surface area contributed by atoms with Crippen LogP contribution in [0.4, 0.5) is 17.1 Å². The van der Waals surface area contributed by atoms with Gasteiger partial charge < -0.3 is 15.8 Å². The molecule has 2 aromatic carbocycles. The van der Waals surface area contributed by atoms with E-state index >= 15 is 0 Å². The minimum Gasteiger partial charge on any atom is -0.494 e. The third kappa shape index (κ3) is 3.46. The summed E-state index contributed by atoms with van der Waals surface area (Å²) in [6, 6.07) is 10.9. The van der Waals surface area contributed by atoms with Gasteiger partial charge in [0.15, 0.2) is 0 Å². The van der Waals surface area contributed by atoms with Gasteiger partial charge >= 0.3 is 0 Å². The molecule has 0 radical (unpaired) electrons. The van der Waals surface area contributed by atoms with Gasteiger partial charge in [-0.1, -0.05) is 29.3 Å². The fourth-order valence-corrected chi connectivity index (χ4v) is 2.29. The third-order valence-corrected chi connectivity index (χ3v) is 3.07. The summed E-state index contributed by atoms with van der Waals surface area (Å²) in [5.41, 5.74) is 7.68. The van der Waals surface area contributed by atoms with Crippen molar-refractivity contribution < 1.29 is 4.74 Å². The zero-order chi connectivity index (χ0) is 13.8. The van der Waals surface area contributed by atoms with Crippen molar-refractivity contribution in [2.24, 2.45) is 0 Å². The first-order valence-corrected chi connectivity index (χ1v) is 6.60. The van der Waals surface area contributed by atoms with Crippen LogP contribution in [-0.4, -0.2) is 6.61 Å². The molecule has 3 N–H and O–H groups in total. The average Bonchev–Trinajstić information content (AvgIpc) is 2.35. The normalized spacial score (nSPS) is 10.3. The van der Waals surface area contributed by atoms with Crippen LogP contribution in [0, 0.1) is 0 Å². The second-order valence-electron chi connectivity index (χ2n) is 3.95. The quantitative estimate of drug-likeness (QED) is 0.803. The number of nitrogen functional groups attached to an aromatic ring is 1. The molecule has 0 saturated heterocycles. The van der Waals surface area contributed by atoms with Crippen LogP contribution in [0.25, 0.3) is 0 Å². The van der Waals surface area contributed by atoms with Crippen molar-refractivity contribution in [2.75, 3.05) is 17.7 Å². The van der Waals surface area contributed by atoms with E-state index in [2.05, 4.69) is 5.32 Å². The molecule has 2 rings (SSSR count). The highest BCUT2D eigenvalue weighted by Crippen LogP contribution is 2.35. The van der Waals surface area contributed by atoms with Gasteiger partial charge in [-0.3, -0.25) is 0 Å². The van der Waals surface area contributed by atoms with E-state index < -0.39 is 0 Å². The van der Waals surface area contributed by atoms with Gasteiger partial charge in [-0.05, 0) is 31.2 Å². The van der Waals surface area contributed by atoms with Crippen LogP contribution in [0.3, 0.4) is 0 Å². The molecule has 0 fully saturated rings. The van der Waals surface area contributed by atoms with E-state index in [-0.39, 0.29) is 0 Å². The Morgan fingerprint density at radius 1 is 1.16 bits per heavy atom. The summed E-state index contributed by atoms with van der Waals surface area (Å²) in [6.07, 6.45) is 0. The summed E-state index contributed by atoms with van der Waals surface area (Å²) >= 11 is 12.3. The van der Waals surface area contributed by atoms with Crippen molar-refractivity contribution in [3.63, 3.8) is 0 Å². The van der Waals surface area contributed by atoms with Crippen LogP contribution < -0.4 is 15.8 Å². The molecular formula is C14H14Cl2N2O. The molecule has 3 nitrogen and oxygen atoms in total. The molecule has 0 spiro atoms. The van der Waals surface area contributed by atoms with Crippen LogP contribution in [0.2, 0.25) is 10.0 Å². The van der Waals surface area contributed by atoms with Gasteiger partial charge in [-0.15, -0.1) is 0 Å². The highest BCUT2D eigenvalue weighted by molar-refractivity contribution is 6.39. The van der Waals surface area contributed by atoms with Crippen LogP contribution in [-0.2, 0) is 0 Å². The molecule has 5 heteroatoms. The number of nitrogens with two attached hydrogens (primary N) is 1. The van der Waals surface area contributed by atoms with E-state index in [1.54, 1.807) is 12.1 Å². The molecule has 0 unspecified atom stereocenters. The first kappa shape index (κ1) is 13.8. The van der Waals surface area contributed by atoms with Crippen molar-refractivity contribution in [2.45, 2.75) is 6.92 Å². The Balaban J connectivity index is 2.28. The fourth-order valence-electron chi connectivity index (χ4n) is 1.69. The van der Waals surface area contributed by atoms with Crippen LogP contribution in [0.1, 0.15) is 6.92 Å². The lowest BCUT2D eigenvalue weighted by Gasteiger charge is -2.12. The van der Waals surface area contributed by atoms with Gasteiger partial charge in [0.1, 0.15) is 5.75 Å². The molecule has 0 bridgehead atoms. The molecule has 2 aromatic rings. The Morgan fingerprint density at radius 3 is 2.47 bits per heavy atom. The predicted molar refractivity (Wildman–Crippen MR) is 81.8 cm³/mol. The molecule has 0 aliphatic heterocycles. The lowest BCUT2D eigenvalue weighted by Crippen LogP contribution is -1.96. The van der Waals surface area contributed by atoms with Gasteiger partial charge in [-0.2, -0.15) is 0 Å². The van der Waals surface area contributed by atoms with Gasteiger partial charge in [0.05, 0.1) is 22.3 Å². The highest BCUT2D eigenvalue weighted by Gasteiger charge is 2.08. The summed E-state index contributed by atoms with van der Waals surface area (Å²) in [4.78, 5) is 0. The van der Waals surface area contributed by atoms with E-state index in [0.717, 1.165) is 11.4 Å². The van der Waals surface area contributed by atoms with Crippen LogP contribution in [0.15, 0.2) is 36.4 Å². The Morgan fingerprint density at radius 2 is 1.84 bits per heavy atom. The number of hydrogen-bond acceptors (Lipinski definition) is 3. The lowest BCUT2D eigenvalue weighted by atomic mass is 10.2. The Hall–Kier alpha value is -1.58. The zero-order valence-electron chi connectivity index (χ0n) is 10.4. The van der Waals surface area contributed by atoms with Crippen molar-refractivity contribution in [1.29, 1.82) is 0 Å². The maximum Gasteiger partial charge on any atom is 0.121 e. The topological polar surface area (TPSA) is 47.3 Å². The predicted octanol–water partition coefficient (Wildman–Crippen LogP) is 4.72. The smallest absolute Gasteiger partial charge is 0.121 e. The van der Waals surface area contributed by atoms with Crippen LogP contribution >= 0.6 is 23.2 Å². The van der Waals surface area contributed by atoms with E-state index in [0.29, 0.717) is 28.0 Å². The molecule has 100 valence electrons. The minimum absolute atomic E-state index is 0.479. The monoisotopic (exact) mass is 296 g/mol. The molecule has 0 aromatic heterocycles. The maximum absolute atomic E-state index is 6.13. The molecule has 19 heavy (non-hydrogen) atoms. The zero-order valence-corrected chi connectivity index (χ0v) is 11.9. The fraction of sp³-hybridized carbons (Fsp3) is 0.143. The molecule has 0 heterocycles. The summed E-state index contributed by atoms with van der Waals surface area (Å²) in [6.45, 7) is 2.56. The molecule has 0 aliphatic rings. The first-order valence-electron chi connectivity index (χ1n) is 5.84. The lowest BCUT2D eigenvalue weighted by molar-refractivity contribution is 0.340. The highest BCUT2D eigenvalue weighted by atomic mass is 35.5. The Bertz CT molecular complexity index is 564. The maximum atomic E-state index is 6.13. The molecule has 0 amide bonds. The van der Waals surface area contributed by atoms with Gasteiger partial charge in [0, 0.05) is 17.4 Å². The van der Waals surface area contributed by atoms with Crippen molar-refractivity contribution in [3.05, 3.63) is 46.4 Å². The Labute approximate surface area is 122 Å². The van der Waals surface area contributed by atoms with E-state index in [1.165, 1.54) is 0 Å². The number of anilines is 3. The minimum atomic E-state index is 0.479. The second kappa shape index (κ2) is 6.04. The molecule has 0 aliphatic carbocycles. The van der Waals surface area contributed by atoms with E-state index in [4.69, 9.17) is 33.7 Å². The number of hydrogen-bond donors (Lipinski definition) is 2. The number of nitrogens with one attached hydrogen (secondary N) is 1. The number of rotatable bonds is 4. The molecule has 0 saturated carbocycles. The van der Waals surface area contributed by atoms with Crippen molar-refractivity contribution >= 4 is 40.3 Å². The summed E-state index contributed by atoms with van der Waals surface area (Å²) in [5.74, 6) is 0.787. The summed E-state index contributed by atoms with van der Waals surface area (Å²) in [5, 5.41) is 4.12. The molecule has 0 atom stereocenters. The van der Waals surface area contributed by atoms with Crippen molar-refractivity contribution in [3.8, 4) is 5.75 Å². The number of benzene rings is 2.